The fourth-order valence-electron chi connectivity index (χ4n) is 2.99. The molecule has 1 fully saturated rings. The number of rotatable bonds is 2. The Hall–Kier alpha value is -1.93. The van der Waals surface area contributed by atoms with Crippen molar-refractivity contribution in [3.63, 3.8) is 0 Å². The number of amides is 1. The Morgan fingerprint density at radius 2 is 1.85 bits per heavy atom. The molecule has 1 atom stereocenters. The fourth-order valence-corrected chi connectivity index (χ4v) is 5.12. The number of piperidine rings is 1. The maximum atomic E-state index is 13.1. The first kappa shape index (κ1) is 19.8. The zero-order valence-electron chi connectivity index (χ0n) is 15.5. The topological polar surface area (TPSA) is 89.5 Å². The summed E-state index contributed by atoms with van der Waals surface area (Å²) in [6.07, 6.45) is 0.465. The SMILES string of the molecule is CC(C)(C)OC(=O)N1CCCC(S(=O)(=O)c2nc3ccccc3nc2Cl)C1. The van der Waals surface area contributed by atoms with E-state index in [4.69, 9.17) is 16.3 Å². The van der Waals surface area contributed by atoms with Crippen LogP contribution in [-0.2, 0) is 14.6 Å². The van der Waals surface area contributed by atoms with Crippen LogP contribution in [0.4, 0.5) is 4.79 Å². The van der Waals surface area contributed by atoms with E-state index in [1.54, 1.807) is 45.0 Å². The molecule has 0 aliphatic carbocycles. The van der Waals surface area contributed by atoms with Crippen molar-refractivity contribution in [3.05, 3.63) is 29.4 Å². The largest absolute Gasteiger partial charge is 0.444 e. The number of carbonyl (C=O) groups is 1. The molecule has 1 amide bonds. The van der Waals surface area contributed by atoms with Crippen molar-refractivity contribution in [2.24, 2.45) is 0 Å². The minimum absolute atomic E-state index is 0.0437. The Labute approximate surface area is 163 Å². The Balaban J connectivity index is 1.88. The summed E-state index contributed by atoms with van der Waals surface area (Å²) in [4.78, 5) is 22.1. The number of ether oxygens (including phenoxy) is 1. The van der Waals surface area contributed by atoms with Gasteiger partial charge in [-0.3, -0.25) is 0 Å². The van der Waals surface area contributed by atoms with E-state index in [-0.39, 0.29) is 16.7 Å². The Bertz CT molecular complexity index is 972. The lowest BCUT2D eigenvalue weighted by Crippen LogP contribution is -2.47. The van der Waals surface area contributed by atoms with Crippen molar-refractivity contribution < 1.29 is 17.9 Å². The number of benzene rings is 1. The monoisotopic (exact) mass is 411 g/mol. The number of aromatic nitrogens is 2. The van der Waals surface area contributed by atoms with Gasteiger partial charge in [0.15, 0.2) is 10.2 Å². The van der Waals surface area contributed by atoms with Gasteiger partial charge in [-0.25, -0.2) is 23.2 Å². The summed E-state index contributed by atoms with van der Waals surface area (Å²) in [5, 5.41) is -1.19. The van der Waals surface area contributed by atoms with Gasteiger partial charge in [-0.2, -0.15) is 0 Å². The molecule has 1 aromatic carbocycles. The lowest BCUT2D eigenvalue weighted by molar-refractivity contribution is 0.0219. The summed E-state index contributed by atoms with van der Waals surface area (Å²) in [6.45, 7) is 5.81. The minimum atomic E-state index is -3.85. The molecule has 27 heavy (non-hydrogen) atoms. The first-order valence-electron chi connectivity index (χ1n) is 8.72. The maximum Gasteiger partial charge on any atom is 0.410 e. The van der Waals surface area contributed by atoms with Gasteiger partial charge in [0, 0.05) is 13.1 Å². The number of para-hydroxylation sites is 2. The molecule has 9 heteroatoms. The first-order valence-corrected chi connectivity index (χ1v) is 10.6. The summed E-state index contributed by atoms with van der Waals surface area (Å²) in [6, 6.07) is 6.94. The average Bonchev–Trinajstić information content (AvgIpc) is 2.59. The highest BCUT2D eigenvalue weighted by atomic mass is 35.5. The number of hydrogen-bond donors (Lipinski definition) is 0. The van der Waals surface area contributed by atoms with Gasteiger partial charge in [-0.05, 0) is 45.7 Å². The second-order valence-electron chi connectivity index (χ2n) is 7.54. The third kappa shape index (κ3) is 4.32. The molecule has 7 nitrogen and oxygen atoms in total. The molecule has 1 aromatic heterocycles. The number of halogens is 1. The molecule has 146 valence electrons. The van der Waals surface area contributed by atoms with E-state index in [1.807, 2.05) is 0 Å². The molecular weight excluding hydrogens is 390 g/mol. The predicted octanol–water partition coefficient (Wildman–Crippen LogP) is 3.46. The number of carbonyl (C=O) groups excluding carboxylic acids is 1. The predicted molar refractivity (Wildman–Crippen MR) is 103 cm³/mol. The molecule has 0 N–H and O–H groups in total. The second kappa shape index (κ2) is 7.24. The molecular formula is C18H22ClN3O4S. The summed E-state index contributed by atoms with van der Waals surface area (Å²) < 4.78 is 31.6. The van der Waals surface area contributed by atoms with Gasteiger partial charge in [-0.1, -0.05) is 23.7 Å². The lowest BCUT2D eigenvalue weighted by atomic mass is 10.1. The molecule has 2 heterocycles. The standard InChI is InChI=1S/C18H22ClN3O4S/c1-18(2,3)26-17(23)22-10-6-7-12(11-22)27(24,25)16-15(19)20-13-8-4-5-9-14(13)21-16/h4-5,8-9,12H,6-7,10-11H2,1-3H3. The molecule has 2 aromatic rings. The number of nitrogens with zero attached hydrogens (tertiary/aromatic N) is 3. The van der Waals surface area contributed by atoms with Crippen molar-refractivity contribution in [2.75, 3.05) is 13.1 Å². The molecule has 0 saturated carbocycles. The van der Waals surface area contributed by atoms with Crippen molar-refractivity contribution in [2.45, 2.75) is 49.5 Å². The molecule has 0 spiro atoms. The van der Waals surface area contributed by atoms with Gasteiger partial charge in [-0.15, -0.1) is 0 Å². The highest BCUT2D eigenvalue weighted by molar-refractivity contribution is 7.92. The van der Waals surface area contributed by atoms with Crippen LogP contribution in [-0.4, -0.2) is 53.3 Å². The Morgan fingerprint density at radius 1 is 1.22 bits per heavy atom. The van der Waals surface area contributed by atoms with Crippen LogP contribution in [0.1, 0.15) is 33.6 Å². The lowest BCUT2D eigenvalue weighted by Gasteiger charge is -2.33. The molecule has 1 unspecified atom stereocenters. The minimum Gasteiger partial charge on any atom is -0.444 e. The fraction of sp³-hybridized carbons (Fsp3) is 0.500. The number of likely N-dealkylation sites (tertiary alicyclic amines) is 1. The number of hydrogen-bond acceptors (Lipinski definition) is 6. The Kier molecular flexibility index (Phi) is 5.31. The van der Waals surface area contributed by atoms with Crippen LogP contribution in [0.25, 0.3) is 11.0 Å². The zero-order valence-corrected chi connectivity index (χ0v) is 17.0. The van der Waals surface area contributed by atoms with Crippen LogP contribution in [0.5, 0.6) is 0 Å². The summed E-state index contributed by atoms with van der Waals surface area (Å²) >= 11 is 6.14. The van der Waals surface area contributed by atoms with E-state index in [0.29, 0.717) is 30.4 Å². The van der Waals surface area contributed by atoms with Gasteiger partial charge in [0.25, 0.3) is 0 Å². The van der Waals surface area contributed by atoms with E-state index in [1.165, 1.54) is 4.90 Å². The van der Waals surface area contributed by atoms with Gasteiger partial charge in [0.1, 0.15) is 5.60 Å². The first-order chi connectivity index (χ1) is 12.6. The normalized spacial score (nSPS) is 18.5. The van der Waals surface area contributed by atoms with Gasteiger partial charge in [0.2, 0.25) is 9.84 Å². The van der Waals surface area contributed by atoms with E-state index >= 15 is 0 Å². The third-order valence-corrected chi connectivity index (χ3v) is 6.70. The molecule has 3 rings (SSSR count). The summed E-state index contributed by atoms with van der Waals surface area (Å²) in [5.74, 6) is 0. The second-order valence-corrected chi connectivity index (χ2v) is 10.0. The van der Waals surface area contributed by atoms with Crippen LogP contribution in [0.15, 0.2) is 29.3 Å². The van der Waals surface area contributed by atoms with E-state index < -0.39 is 26.8 Å². The number of fused-ring (bicyclic) bond motifs is 1. The third-order valence-electron chi connectivity index (χ3n) is 4.24. The summed E-state index contributed by atoms with van der Waals surface area (Å²) in [5.41, 5.74) is 0.344. The van der Waals surface area contributed by atoms with Gasteiger partial charge >= 0.3 is 6.09 Å². The van der Waals surface area contributed by atoms with Crippen LogP contribution in [0.3, 0.4) is 0 Å². The van der Waals surface area contributed by atoms with E-state index in [9.17, 15) is 13.2 Å². The zero-order chi connectivity index (χ0) is 19.8. The molecule has 0 radical (unpaired) electrons. The summed E-state index contributed by atoms with van der Waals surface area (Å²) in [7, 11) is -3.85. The van der Waals surface area contributed by atoms with Crippen molar-refractivity contribution in [1.29, 1.82) is 0 Å². The Morgan fingerprint density at radius 3 is 2.48 bits per heavy atom. The van der Waals surface area contributed by atoms with Crippen LogP contribution in [0, 0.1) is 0 Å². The van der Waals surface area contributed by atoms with E-state index in [2.05, 4.69) is 9.97 Å². The highest BCUT2D eigenvalue weighted by Gasteiger charge is 2.37. The van der Waals surface area contributed by atoms with Crippen LogP contribution in [0.2, 0.25) is 5.15 Å². The molecule has 0 bridgehead atoms. The van der Waals surface area contributed by atoms with Crippen molar-refractivity contribution in [3.8, 4) is 0 Å². The smallest absolute Gasteiger partial charge is 0.410 e. The van der Waals surface area contributed by atoms with Crippen LogP contribution >= 0.6 is 11.6 Å². The highest BCUT2D eigenvalue weighted by Crippen LogP contribution is 2.28. The molecule has 1 saturated heterocycles. The van der Waals surface area contributed by atoms with Crippen LogP contribution < -0.4 is 0 Å². The average molecular weight is 412 g/mol. The van der Waals surface area contributed by atoms with Crippen molar-refractivity contribution >= 4 is 38.6 Å². The number of sulfone groups is 1. The van der Waals surface area contributed by atoms with Crippen molar-refractivity contribution in [1.82, 2.24) is 14.9 Å². The molecule has 1 aliphatic heterocycles. The molecule has 1 aliphatic rings. The maximum absolute atomic E-state index is 13.1. The van der Waals surface area contributed by atoms with Gasteiger partial charge < -0.3 is 9.64 Å². The quantitative estimate of drug-likeness (QED) is 0.751. The van der Waals surface area contributed by atoms with Gasteiger partial charge in [0.05, 0.1) is 16.3 Å². The van der Waals surface area contributed by atoms with E-state index in [0.717, 1.165) is 0 Å².